The molecule has 9 heteroatoms. The van der Waals surface area contributed by atoms with E-state index in [1.807, 2.05) is 13.0 Å². The summed E-state index contributed by atoms with van der Waals surface area (Å²) in [6.45, 7) is 7.57. The van der Waals surface area contributed by atoms with E-state index in [1.165, 1.54) is 5.69 Å². The fourth-order valence-electron chi connectivity index (χ4n) is 4.08. The zero-order valence-electron chi connectivity index (χ0n) is 19.4. The largest absolute Gasteiger partial charge is 0.383 e. The van der Waals surface area contributed by atoms with Crippen LogP contribution in [0.1, 0.15) is 18.9 Å². The van der Waals surface area contributed by atoms with Gasteiger partial charge < -0.3 is 16.0 Å². The number of aromatic nitrogens is 1. The van der Waals surface area contributed by atoms with Crippen molar-refractivity contribution in [2.45, 2.75) is 20.3 Å². The van der Waals surface area contributed by atoms with E-state index >= 15 is 0 Å². The van der Waals surface area contributed by atoms with Crippen LogP contribution in [0.4, 0.5) is 17.2 Å². The normalized spacial score (nSPS) is 14.3. The molecule has 0 bridgehead atoms. The van der Waals surface area contributed by atoms with Crippen LogP contribution in [0.15, 0.2) is 48.7 Å². The summed E-state index contributed by atoms with van der Waals surface area (Å²) in [6.07, 6.45) is 2.27. The summed E-state index contributed by atoms with van der Waals surface area (Å²) in [4.78, 5) is 6.77. The average molecular weight is 500 g/mol. The van der Waals surface area contributed by atoms with E-state index in [9.17, 15) is 8.42 Å². The van der Waals surface area contributed by atoms with Gasteiger partial charge in [-0.1, -0.05) is 30.7 Å². The molecule has 4 N–H and O–H groups in total. The fraction of sp³-hybridized carbons (Fsp3) is 0.320. The van der Waals surface area contributed by atoms with Crippen molar-refractivity contribution in [2.75, 3.05) is 47.3 Å². The molecule has 1 aliphatic heterocycles. The third-order valence-electron chi connectivity index (χ3n) is 5.99. The van der Waals surface area contributed by atoms with Gasteiger partial charge in [-0.3, -0.25) is 4.72 Å². The van der Waals surface area contributed by atoms with Gasteiger partial charge in [0.25, 0.3) is 0 Å². The van der Waals surface area contributed by atoms with Crippen LogP contribution < -0.4 is 20.7 Å². The number of pyridine rings is 1. The minimum absolute atomic E-state index is 0.0391. The van der Waals surface area contributed by atoms with Crippen LogP contribution in [0, 0.1) is 6.92 Å². The monoisotopic (exact) mass is 499 g/mol. The maximum absolute atomic E-state index is 12.4. The van der Waals surface area contributed by atoms with Crippen molar-refractivity contribution in [3.05, 3.63) is 59.2 Å². The summed E-state index contributed by atoms with van der Waals surface area (Å²) in [6, 6.07) is 13.9. The summed E-state index contributed by atoms with van der Waals surface area (Å²) in [7, 11) is -3.46. The number of nitrogen functional groups attached to an aromatic ring is 1. The van der Waals surface area contributed by atoms with E-state index in [2.05, 4.69) is 44.2 Å². The van der Waals surface area contributed by atoms with Crippen LogP contribution in [0.25, 0.3) is 22.3 Å². The summed E-state index contributed by atoms with van der Waals surface area (Å²) in [5.74, 6) is 0.390. The Labute approximate surface area is 206 Å². The van der Waals surface area contributed by atoms with Gasteiger partial charge in [-0.05, 0) is 60.4 Å². The number of halogens is 1. The van der Waals surface area contributed by atoms with Crippen LogP contribution in [0.5, 0.6) is 0 Å². The second-order valence-electron chi connectivity index (χ2n) is 8.49. The molecule has 34 heavy (non-hydrogen) atoms. The number of hydrogen-bond donors (Lipinski definition) is 3. The Hall–Kier alpha value is -2.81. The Bertz CT molecular complexity index is 1270. The molecule has 1 aromatic heterocycles. The molecule has 0 aliphatic carbocycles. The molecule has 2 aromatic carbocycles. The first-order chi connectivity index (χ1) is 16.3. The van der Waals surface area contributed by atoms with Crippen molar-refractivity contribution in [1.82, 2.24) is 10.3 Å². The van der Waals surface area contributed by atoms with Crippen LogP contribution in [-0.4, -0.2) is 45.3 Å². The first-order valence-corrected chi connectivity index (χ1v) is 13.4. The molecule has 7 nitrogen and oxygen atoms in total. The Kier molecular flexibility index (Phi) is 7.30. The van der Waals surface area contributed by atoms with Gasteiger partial charge in [-0.2, -0.15) is 0 Å². The van der Waals surface area contributed by atoms with E-state index in [4.69, 9.17) is 17.3 Å². The van der Waals surface area contributed by atoms with Gasteiger partial charge in [0.05, 0.1) is 11.4 Å². The Morgan fingerprint density at radius 3 is 2.47 bits per heavy atom. The molecule has 1 fully saturated rings. The number of nitrogens with zero attached hydrogens (tertiary/aromatic N) is 2. The molecule has 0 saturated carbocycles. The highest BCUT2D eigenvalue weighted by molar-refractivity contribution is 7.92. The van der Waals surface area contributed by atoms with Crippen LogP contribution in [0.2, 0.25) is 5.02 Å². The highest BCUT2D eigenvalue weighted by atomic mass is 35.5. The predicted octanol–water partition coefficient (Wildman–Crippen LogP) is 4.52. The minimum Gasteiger partial charge on any atom is -0.383 e. The quantitative estimate of drug-likeness (QED) is 0.442. The third kappa shape index (κ3) is 5.46. The van der Waals surface area contributed by atoms with Crippen molar-refractivity contribution >= 4 is 38.8 Å². The Morgan fingerprint density at radius 1 is 1.09 bits per heavy atom. The number of nitrogens with two attached hydrogens (primary N) is 1. The topological polar surface area (TPSA) is 100 Å². The molecule has 0 amide bonds. The van der Waals surface area contributed by atoms with E-state index in [0.29, 0.717) is 39.6 Å². The molecule has 4 rings (SSSR count). The third-order valence-corrected chi connectivity index (χ3v) is 7.86. The van der Waals surface area contributed by atoms with E-state index in [1.54, 1.807) is 25.3 Å². The zero-order valence-corrected chi connectivity index (χ0v) is 21.0. The minimum atomic E-state index is -3.46. The van der Waals surface area contributed by atoms with Crippen LogP contribution in [0.3, 0.4) is 0 Å². The molecule has 180 valence electrons. The van der Waals surface area contributed by atoms with Crippen molar-refractivity contribution < 1.29 is 8.42 Å². The predicted molar refractivity (Wildman–Crippen MR) is 142 cm³/mol. The van der Waals surface area contributed by atoms with Crippen molar-refractivity contribution in [2.24, 2.45) is 0 Å². The van der Waals surface area contributed by atoms with E-state index in [0.717, 1.165) is 37.3 Å². The molecule has 0 atom stereocenters. The van der Waals surface area contributed by atoms with Crippen molar-refractivity contribution in [3.63, 3.8) is 0 Å². The maximum Gasteiger partial charge on any atom is 0.232 e. The summed E-state index contributed by atoms with van der Waals surface area (Å²) in [5, 5.41) is 3.83. The number of nitrogens with one attached hydrogen (secondary N) is 2. The standard InChI is InChI=1S/C25H30ClN5O2S/c1-3-12-34(32,33)30-24-15-19(14-23(26)17(24)2)22-13-20(16-29-25(22)27)18-4-6-21(7-5-18)31-10-8-28-9-11-31/h4-7,13-16,28,30H,3,8-12H2,1-2H3,(H2,27,29). The maximum atomic E-state index is 12.4. The summed E-state index contributed by atoms with van der Waals surface area (Å²) >= 11 is 6.47. The highest BCUT2D eigenvalue weighted by Crippen LogP contribution is 2.36. The Balaban J connectivity index is 1.67. The molecule has 1 aliphatic rings. The van der Waals surface area contributed by atoms with E-state index < -0.39 is 10.0 Å². The number of piperazine rings is 1. The molecular formula is C25H30ClN5O2S. The lowest BCUT2D eigenvalue weighted by Gasteiger charge is -2.29. The molecule has 0 unspecified atom stereocenters. The number of sulfonamides is 1. The van der Waals surface area contributed by atoms with Gasteiger partial charge in [0.1, 0.15) is 5.82 Å². The van der Waals surface area contributed by atoms with Crippen molar-refractivity contribution in [1.29, 1.82) is 0 Å². The van der Waals surface area contributed by atoms with Gasteiger partial charge in [0.2, 0.25) is 10.0 Å². The van der Waals surface area contributed by atoms with Gasteiger partial charge in [-0.25, -0.2) is 13.4 Å². The number of hydrogen-bond acceptors (Lipinski definition) is 6. The molecule has 2 heterocycles. The van der Waals surface area contributed by atoms with Crippen LogP contribution >= 0.6 is 11.6 Å². The molecule has 3 aromatic rings. The fourth-order valence-corrected chi connectivity index (χ4v) is 5.49. The van der Waals surface area contributed by atoms with E-state index in [-0.39, 0.29) is 5.75 Å². The number of benzene rings is 2. The Morgan fingerprint density at radius 2 is 1.79 bits per heavy atom. The second-order valence-corrected chi connectivity index (χ2v) is 10.7. The second kappa shape index (κ2) is 10.2. The van der Waals surface area contributed by atoms with Gasteiger partial charge >= 0.3 is 0 Å². The van der Waals surface area contributed by atoms with Crippen molar-refractivity contribution in [3.8, 4) is 22.3 Å². The first kappa shape index (κ1) is 24.3. The lowest BCUT2D eigenvalue weighted by molar-refractivity contribution is 0.589. The molecule has 1 saturated heterocycles. The lowest BCUT2D eigenvalue weighted by Crippen LogP contribution is -2.43. The van der Waals surface area contributed by atoms with Gasteiger partial charge in [0.15, 0.2) is 0 Å². The summed E-state index contributed by atoms with van der Waals surface area (Å²) < 4.78 is 27.4. The molecule has 0 radical (unpaired) electrons. The first-order valence-electron chi connectivity index (χ1n) is 11.4. The smallest absolute Gasteiger partial charge is 0.232 e. The highest BCUT2D eigenvalue weighted by Gasteiger charge is 2.16. The molecule has 0 spiro atoms. The number of rotatable bonds is 7. The molecular weight excluding hydrogens is 470 g/mol. The van der Waals surface area contributed by atoms with Gasteiger partial charge in [-0.15, -0.1) is 0 Å². The summed E-state index contributed by atoms with van der Waals surface area (Å²) in [5.41, 5.74) is 11.9. The van der Waals surface area contributed by atoms with Crippen LogP contribution in [-0.2, 0) is 10.0 Å². The average Bonchev–Trinajstić information content (AvgIpc) is 2.83. The zero-order chi connectivity index (χ0) is 24.3. The number of anilines is 3. The lowest BCUT2D eigenvalue weighted by atomic mass is 9.99. The SMILES string of the molecule is CCCS(=O)(=O)Nc1cc(-c2cc(-c3ccc(N4CCNCC4)cc3)cnc2N)cc(Cl)c1C. The van der Waals surface area contributed by atoms with Gasteiger partial charge in [0, 0.05) is 54.2 Å².